The molecule has 31 heavy (non-hydrogen) atoms. The summed E-state index contributed by atoms with van der Waals surface area (Å²) in [6.45, 7) is 6.38. The van der Waals surface area contributed by atoms with E-state index in [1.807, 2.05) is 50.4 Å². The molecule has 4 rings (SSSR count). The van der Waals surface area contributed by atoms with Gasteiger partial charge >= 0.3 is 0 Å². The van der Waals surface area contributed by atoms with Crippen LogP contribution in [-0.4, -0.2) is 21.0 Å². The van der Waals surface area contributed by atoms with Crippen molar-refractivity contribution < 1.29 is 14.1 Å². The number of thiazole rings is 1. The second-order valence-electron chi connectivity index (χ2n) is 8.01. The summed E-state index contributed by atoms with van der Waals surface area (Å²) >= 11 is 1.60. The average molecular weight is 439 g/mol. The minimum absolute atomic E-state index is 0.113. The van der Waals surface area contributed by atoms with Crippen LogP contribution in [0.4, 0.5) is 0 Å². The van der Waals surface area contributed by atoms with Crippen LogP contribution in [0.25, 0.3) is 6.08 Å². The molecule has 1 amide bonds. The Morgan fingerprint density at radius 3 is 2.84 bits per heavy atom. The normalized spacial score (nSPS) is 14.8. The number of nitrogens with zero attached hydrogens (tertiary/aromatic N) is 3. The van der Waals surface area contributed by atoms with Gasteiger partial charge in [0.15, 0.2) is 5.82 Å². The van der Waals surface area contributed by atoms with Gasteiger partial charge in [-0.3, -0.25) is 4.79 Å². The smallest absolute Gasteiger partial charge is 0.249 e. The van der Waals surface area contributed by atoms with Gasteiger partial charge in [-0.25, -0.2) is 4.98 Å². The van der Waals surface area contributed by atoms with Crippen molar-refractivity contribution >= 4 is 23.3 Å². The first-order chi connectivity index (χ1) is 15.0. The fraction of sp³-hybridized carbons (Fsp3) is 0.391. The maximum atomic E-state index is 12.6. The Bertz CT molecular complexity index is 1070. The summed E-state index contributed by atoms with van der Waals surface area (Å²) in [7, 11) is 0. The Morgan fingerprint density at radius 1 is 1.32 bits per heavy atom. The van der Waals surface area contributed by atoms with Gasteiger partial charge < -0.3 is 14.6 Å². The molecular weight excluding hydrogens is 412 g/mol. The zero-order chi connectivity index (χ0) is 21.8. The third-order valence-electron chi connectivity index (χ3n) is 5.01. The Labute approximate surface area is 185 Å². The van der Waals surface area contributed by atoms with Gasteiger partial charge in [-0.1, -0.05) is 37.2 Å². The molecule has 0 saturated heterocycles. The number of carbonyl (C=O) groups is 1. The molecule has 1 atom stereocenters. The van der Waals surface area contributed by atoms with E-state index in [0.29, 0.717) is 24.2 Å². The number of carbonyl (C=O) groups excluding carboxylic acids is 1. The number of para-hydroxylation sites is 1. The quantitative estimate of drug-likeness (QED) is 0.482. The third kappa shape index (κ3) is 5.58. The molecule has 0 spiro atoms. The van der Waals surface area contributed by atoms with Gasteiger partial charge in [0, 0.05) is 22.9 Å². The fourth-order valence-electron chi connectivity index (χ4n) is 3.14. The van der Waals surface area contributed by atoms with Gasteiger partial charge in [0.05, 0.1) is 10.7 Å². The van der Waals surface area contributed by atoms with Gasteiger partial charge in [0.2, 0.25) is 11.8 Å². The van der Waals surface area contributed by atoms with Gasteiger partial charge in [-0.05, 0) is 37.8 Å². The molecule has 2 heterocycles. The summed E-state index contributed by atoms with van der Waals surface area (Å²) in [4.78, 5) is 21.5. The monoisotopic (exact) mass is 438 g/mol. The van der Waals surface area contributed by atoms with E-state index in [-0.39, 0.29) is 17.9 Å². The summed E-state index contributed by atoms with van der Waals surface area (Å²) in [5.74, 6) is 2.19. The molecule has 1 fully saturated rings. The zero-order valence-corrected chi connectivity index (χ0v) is 18.7. The van der Waals surface area contributed by atoms with Crippen molar-refractivity contribution in [3.05, 3.63) is 63.7 Å². The lowest BCUT2D eigenvalue weighted by Crippen LogP contribution is -2.30. The number of aromatic nitrogens is 3. The van der Waals surface area contributed by atoms with E-state index >= 15 is 0 Å². The Morgan fingerprint density at radius 2 is 2.13 bits per heavy atom. The van der Waals surface area contributed by atoms with Crippen LogP contribution in [0.2, 0.25) is 0 Å². The van der Waals surface area contributed by atoms with Crippen LogP contribution in [0.15, 0.2) is 40.2 Å². The van der Waals surface area contributed by atoms with Crippen molar-refractivity contribution in [3.63, 3.8) is 0 Å². The number of hydrogen-bond donors (Lipinski definition) is 1. The zero-order valence-electron chi connectivity index (χ0n) is 17.9. The Kier molecular flexibility index (Phi) is 6.46. The summed E-state index contributed by atoms with van der Waals surface area (Å²) in [5, 5.41) is 10.0. The molecule has 162 valence electrons. The molecule has 0 aliphatic heterocycles. The first-order valence-corrected chi connectivity index (χ1v) is 11.3. The number of nitrogens with one attached hydrogen (secondary N) is 1. The Balaban J connectivity index is 1.40. The predicted octanol–water partition coefficient (Wildman–Crippen LogP) is 4.82. The van der Waals surface area contributed by atoms with Gasteiger partial charge in [-0.2, -0.15) is 4.98 Å². The van der Waals surface area contributed by atoms with Crippen molar-refractivity contribution in [1.82, 2.24) is 20.4 Å². The first-order valence-electron chi connectivity index (χ1n) is 10.4. The van der Waals surface area contributed by atoms with Crippen molar-refractivity contribution in [1.29, 1.82) is 0 Å². The maximum absolute atomic E-state index is 12.6. The molecule has 1 aliphatic carbocycles. The first kappa shape index (κ1) is 21.2. The maximum Gasteiger partial charge on any atom is 0.249 e. The van der Waals surface area contributed by atoms with Crippen LogP contribution in [0.5, 0.6) is 5.75 Å². The molecule has 1 aliphatic rings. The molecule has 7 nitrogen and oxygen atoms in total. The predicted molar refractivity (Wildman–Crippen MR) is 119 cm³/mol. The molecule has 1 unspecified atom stereocenters. The number of ether oxygens (including phenoxy) is 1. The molecule has 2 aromatic heterocycles. The number of aryl methyl sites for hydroxylation is 1. The van der Waals surface area contributed by atoms with Crippen LogP contribution in [0, 0.1) is 12.8 Å². The van der Waals surface area contributed by atoms with Crippen LogP contribution < -0.4 is 10.1 Å². The van der Waals surface area contributed by atoms with E-state index < -0.39 is 0 Å². The Hall–Kier alpha value is -3.00. The van der Waals surface area contributed by atoms with Gasteiger partial charge in [-0.15, -0.1) is 11.3 Å². The van der Waals surface area contributed by atoms with Crippen LogP contribution >= 0.6 is 11.3 Å². The highest BCUT2D eigenvalue weighted by molar-refractivity contribution is 7.09. The molecule has 0 bridgehead atoms. The highest BCUT2D eigenvalue weighted by Crippen LogP contribution is 2.38. The minimum Gasteiger partial charge on any atom is -0.487 e. The van der Waals surface area contributed by atoms with Gasteiger partial charge in [0.1, 0.15) is 18.4 Å². The number of amides is 1. The summed E-state index contributed by atoms with van der Waals surface area (Å²) in [6.07, 6.45) is 5.45. The lowest BCUT2D eigenvalue weighted by atomic mass is 10.0. The van der Waals surface area contributed by atoms with E-state index in [4.69, 9.17) is 9.26 Å². The second-order valence-corrected chi connectivity index (χ2v) is 9.08. The molecule has 1 saturated carbocycles. The molecule has 8 heteroatoms. The number of rotatable bonds is 9. The molecule has 1 aromatic carbocycles. The number of benzene rings is 1. The molecule has 0 radical (unpaired) electrons. The van der Waals surface area contributed by atoms with Crippen LogP contribution in [-0.2, 0) is 11.4 Å². The lowest BCUT2D eigenvalue weighted by Gasteiger charge is -2.17. The molecule has 1 N–H and O–H groups in total. The largest absolute Gasteiger partial charge is 0.487 e. The molecule has 3 aromatic rings. The number of hydrogen-bond acceptors (Lipinski definition) is 7. The van der Waals surface area contributed by atoms with Crippen LogP contribution in [0.3, 0.4) is 0 Å². The minimum atomic E-state index is -0.337. The molecular formula is C23H26N4O3S. The van der Waals surface area contributed by atoms with Crippen molar-refractivity contribution in [3.8, 4) is 5.75 Å². The van der Waals surface area contributed by atoms with Crippen molar-refractivity contribution in [2.24, 2.45) is 5.92 Å². The third-order valence-corrected chi connectivity index (χ3v) is 5.83. The standard InChI is InChI=1S/C23H26N4O3S/c1-14(2)21(23-26-22(27-30-23)17-8-9-17)25-20(28)11-10-16-6-4-5-7-19(16)29-12-18-13-31-15(3)24-18/h4-7,10-11,13-14,17,21H,8-9,12H2,1-3H3,(H,25,28)/b11-10+. The van der Waals surface area contributed by atoms with Crippen LogP contribution in [0.1, 0.15) is 66.6 Å². The lowest BCUT2D eigenvalue weighted by molar-refractivity contribution is -0.117. The van der Waals surface area contributed by atoms with E-state index in [2.05, 4.69) is 20.4 Å². The van der Waals surface area contributed by atoms with E-state index in [0.717, 1.165) is 34.9 Å². The second kappa shape index (κ2) is 9.43. The fourth-order valence-corrected chi connectivity index (χ4v) is 3.73. The van der Waals surface area contributed by atoms with E-state index in [1.54, 1.807) is 17.4 Å². The average Bonchev–Trinajstić information content (AvgIpc) is 3.34. The van der Waals surface area contributed by atoms with Crippen molar-refractivity contribution in [2.75, 3.05) is 0 Å². The van der Waals surface area contributed by atoms with E-state index in [1.165, 1.54) is 6.08 Å². The van der Waals surface area contributed by atoms with E-state index in [9.17, 15) is 4.79 Å². The highest BCUT2D eigenvalue weighted by atomic mass is 32.1. The highest BCUT2D eigenvalue weighted by Gasteiger charge is 2.31. The summed E-state index contributed by atoms with van der Waals surface area (Å²) in [6, 6.07) is 7.26. The summed E-state index contributed by atoms with van der Waals surface area (Å²) in [5.41, 5.74) is 1.71. The van der Waals surface area contributed by atoms with Gasteiger partial charge in [0.25, 0.3) is 0 Å². The van der Waals surface area contributed by atoms with Crippen molar-refractivity contribution in [2.45, 2.75) is 52.2 Å². The SMILES string of the molecule is Cc1nc(COc2ccccc2/C=C/C(=O)NC(c2nc(C3CC3)no2)C(C)C)cs1. The topological polar surface area (TPSA) is 90.1 Å². The summed E-state index contributed by atoms with van der Waals surface area (Å²) < 4.78 is 11.3.